The molecule has 0 saturated heterocycles. The van der Waals surface area contributed by atoms with Gasteiger partial charge in [-0.3, -0.25) is 0 Å². The number of aryl methyl sites for hydroxylation is 1. The van der Waals surface area contributed by atoms with Crippen LogP contribution in [0, 0.1) is 12.3 Å². The van der Waals surface area contributed by atoms with E-state index in [-0.39, 0.29) is 0 Å². The van der Waals surface area contributed by atoms with Gasteiger partial charge in [-0.05, 0) is 42.8 Å². The highest BCUT2D eigenvalue weighted by Gasteiger charge is 2.27. The Balaban J connectivity index is 2.18. The Kier molecular flexibility index (Phi) is 4.04. The fraction of sp³-hybridized carbons (Fsp3) is 0.571. The maximum absolute atomic E-state index is 5.47. The van der Waals surface area contributed by atoms with Gasteiger partial charge in [0.25, 0.3) is 0 Å². The highest BCUT2D eigenvalue weighted by atomic mass is 32.1. The van der Waals surface area contributed by atoms with Crippen LogP contribution in [-0.2, 0) is 6.42 Å². The second kappa shape index (κ2) is 5.52. The Labute approximate surface area is 102 Å². The topological polar surface area (TPSA) is 12.0 Å². The highest BCUT2D eigenvalue weighted by molar-refractivity contribution is 7.10. The van der Waals surface area contributed by atoms with Crippen molar-refractivity contribution in [2.24, 2.45) is 0 Å². The molecule has 86 valence electrons. The molecule has 2 atom stereocenters. The van der Waals surface area contributed by atoms with Crippen LogP contribution in [0.5, 0.6) is 0 Å². The number of nitrogens with one attached hydrogen (secondary N) is 1. The van der Waals surface area contributed by atoms with E-state index in [1.165, 1.54) is 19.3 Å². The minimum atomic E-state index is 0.462. The summed E-state index contributed by atoms with van der Waals surface area (Å²) in [5, 5.41) is 5.77. The fourth-order valence-corrected chi connectivity index (χ4v) is 3.68. The Morgan fingerprint density at radius 1 is 1.69 bits per heavy atom. The molecular weight excluding hydrogens is 214 g/mol. The van der Waals surface area contributed by atoms with Crippen molar-refractivity contribution in [3.05, 3.63) is 21.9 Å². The summed E-state index contributed by atoms with van der Waals surface area (Å²) in [7, 11) is 0. The number of hydrogen-bond acceptors (Lipinski definition) is 2. The summed E-state index contributed by atoms with van der Waals surface area (Å²) in [6.07, 6.45) is 10.2. The first-order chi connectivity index (χ1) is 7.86. The van der Waals surface area contributed by atoms with Gasteiger partial charge in [-0.15, -0.1) is 23.7 Å². The second-order valence-electron chi connectivity index (χ2n) is 4.37. The van der Waals surface area contributed by atoms with Gasteiger partial charge in [-0.25, -0.2) is 0 Å². The summed E-state index contributed by atoms with van der Waals surface area (Å²) in [5.74, 6) is 3.44. The molecule has 16 heavy (non-hydrogen) atoms. The molecule has 0 saturated carbocycles. The third kappa shape index (κ3) is 2.31. The molecule has 2 heteroatoms. The summed E-state index contributed by atoms with van der Waals surface area (Å²) >= 11 is 1.90. The third-order valence-electron chi connectivity index (χ3n) is 3.39. The summed E-state index contributed by atoms with van der Waals surface area (Å²) in [5.41, 5.74) is 1.55. The van der Waals surface area contributed by atoms with E-state index in [2.05, 4.69) is 29.6 Å². The average Bonchev–Trinajstić information content (AvgIpc) is 2.76. The second-order valence-corrected chi connectivity index (χ2v) is 5.37. The van der Waals surface area contributed by atoms with Crippen LogP contribution in [0.4, 0.5) is 0 Å². The minimum Gasteiger partial charge on any atom is -0.313 e. The van der Waals surface area contributed by atoms with E-state index in [0.717, 1.165) is 13.0 Å². The van der Waals surface area contributed by atoms with E-state index in [0.29, 0.717) is 12.0 Å². The monoisotopic (exact) mass is 233 g/mol. The zero-order chi connectivity index (χ0) is 11.4. The van der Waals surface area contributed by atoms with E-state index in [1.54, 1.807) is 10.4 Å². The maximum Gasteiger partial charge on any atom is 0.0246 e. The van der Waals surface area contributed by atoms with Crippen LogP contribution in [0.15, 0.2) is 11.4 Å². The lowest BCUT2D eigenvalue weighted by molar-refractivity contribution is 0.406. The van der Waals surface area contributed by atoms with E-state index < -0.39 is 0 Å². The van der Waals surface area contributed by atoms with Gasteiger partial charge in [0.05, 0.1) is 0 Å². The van der Waals surface area contributed by atoms with Crippen molar-refractivity contribution in [1.29, 1.82) is 0 Å². The van der Waals surface area contributed by atoms with Crippen molar-refractivity contribution >= 4 is 11.3 Å². The first-order valence-electron chi connectivity index (χ1n) is 6.10. The van der Waals surface area contributed by atoms with Crippen LogP contribution in [0.3, 0.4) is 0 Å². The highest BCUT2D eigenvalue weighted by Crippen LogP contribution is 2.37. The number of terminal acetylenes is 1. The van der Waals surface area contributed by atoms with Gasteiger partial charge in [0.2, 0.25) is 0 Å². The van der Waals surface area contributed by atoms with Crippen LogP contribution in [0.1, 0.15) is 42.5 Å². The Bertz CT molecular complexity index is 374. The zero-order valence-corrected chi connectivity index (χ0v) is 10.6. The lowest BCUT2D eigenvalue weighted by Gasteiger charge is -2.30. The molecular formula is C14H19NS. The first kappa shape index (κ1) is 11.7. The van der Waals surface area contributed by atoms with Crippen molar-refractivity contribution in [2.75, 3.05) is 6.54 Å². The van der Waals surface area contributed by atoms with Gasteiger partial charge in [-0.1, -0.05) is 6.92 Å². The van der Waals surface area contributed by atoms with Crippen LogP contribution in [-0.4, -0.2) is 12.6 Å². The number of likely N-dealkylation sites (N-methyl/N-ethyl adjacent to an activating group) is 1. The molecule has 1 nitrogen and oxygen atoms in total. The van der Waals surface area contributed by atoms with Gasteiger partial charge in [0, 0.05) is 23.3 Å². The van der Waals surface area contributed by atoms with Gasteiger partial charge in [-0.2, -0.15) is 0 Å². The molecule has 1 aromatic heterocycles. The van der Waals surface area contributed by atoms with Crippen LogP contribution >= 0.6 is 11.3 Å². The summed E-state index contributed by atoms with van der Waals surface area (Å²) in [4.78, 5) is 1.58. The normalized spacial score (nSPS) is 21.1. The molecule has 2 rings (SSSR count). The molecule has 2 unspecified atom stereocenters. The molecule has 1 aliphatic rings. The SMILES string of the molecule is C#CCC(NCC)C1CCCc2sccc21. The molecule has 0 aromatic carbocycles. The number of fused-ring (bicyclic) bond motifs is 1. The lowest BCUT2D eigenvalue weighted by atomic mass is 9.81. The van der Waals surface area contributed by atoms with Crippen LogP contribution in [0.2, 0.25) is 0 Å². The largest absolute Gasteiger partial charge is 0.313 e. The Hall–Kier alpha value is -0.780. The maximum atomic E-state index is 5.47. The molecule has 0 radical (unpaired) electrons. The number of rotatable bonds is 4. The summed E-state index contributed by atoms with van der Waals surface area (Å²) in [6, 6.07) is 2.76. The molecule has 0 aliphatic heterocycles. The fourth-order valence-electron chi connectivity index (χ4n) is 2.69. The quantitative estimate of drug-likeness (QED) is 0.788. The van der Waals surface area contributed by atoms with Crippen molar-refractivity contribution < 1.29 is 0 Å². The molecule has 1 heterocycles. The van der Waals surface area contributed by atoms with E-state index in [9.17, 15) is 0 Å². The molecule has 1 aromatic rings. The van der Waals surface area contributed by atoms with Crippen LogP contribution in [0.25, 0.3) is 0 Å². The van der Waals surface area contributed by atoms with Crippen molar-refractivity contribution in [1.82, 2.24) is 5.32 Å². The van der Waals surface area contributed by atoms with Gasteiger partial charge in [0.15, 0.2) is 0 Å². The molecule has 0 bridgehead atoms. The van der Waals surface area contributed by atoms with Crippen LogP contribution < -0.4 is 5.32 Å². The van der Waals surface area contributed by atoms with Crippen molar-refractivity contribution in [3.8, 4) is 12.3 Å². The average molecular weight is 233 g/mol. The molecule has 0 spiro atoms. The van der Waals surface area contributed by atoms with E-state index >= 15 is 0 Å². The molecule has 1 N–H and O–H groups in total. The molecule has 0 amide bonds. The minimum absolute atomic E-state index is 0.462. The predicted octanol–water partition coefficient (Wildman–Crippen LogP) is 3.17. The van der Waals surface area contributed by atoms with Gasteiger partial charge in [0.1, 0.15) is 0 Å². The zero-order valence-electron chi connectivity index (χ0n) is 9.83. The predicted molar refractivity (Wildman–Crippen MR) is 70.9 cm³/mol. The van der Waals surface area contributed by atoms with Gasteiger partial charge >= 0.3 is 0 Å². The standard InChI is InChI=1S/C14H19NS/c1-3-6-13(15-4-2)11-7-5-8-14-12(11)9-10-16-14/h1,9-11,13,15H,4-8H2,2H3. The van der Waals surface area contributed by atoms with Crippen molar-refractivity contribution in [3.63, 3.8) is 0 Å². The number of hydrogen-bond donors (Lipinski definition) is 1. The Morgan fingerprint density at radius 3 is 3.31 bits per heavy atom. The summed E-state index contributed by atoms with van der Waals surface area (Å²) < 4.78 is 0. The Morgan fingerprint density at radius 2 is 2.56 bits per heavy atom. The molecule has 1 aliphatic carbocycles. The van der Waals surface area contributed by atoms with Crippen molar-refractivity contribution in [2.45, 2.75) is 44.6 Å². The first-order valence-corrected chi connectivity index (χ1v) is 6.98. The van der Waals surface area contributed by atoms with Gasteiger partial charge < -0.3 is 5.32 Å². The number of thiophene rings is 1. The summed E-state index contributed by atoms with van der Waals surface area (Å²) in [6.45, 7) is 3.16. The lowest BCUT2D eigenvalue weighted by Crippen LogP contribution is -2.35. The van der Waals surface area contributed by atoms with E-state index in [4.69, 9.17) is 6.42 Å². The smallest absolute Gasteiger partial charge is 0.0246 e. The van der Waals surface area contributed by atoms with E-state index in [1.807, 2.05) is 11.3 Å². The molecule has 0 fully saturated rings. The third-order valence-corrected chi connectivity index (χ3v) is 4.38.